The summed E-state index contributed by atoms with van der Waals surface area (Å²) in [4.78, 5) is 40.8. The molecule has 0 radical (unpaired) electrons. The maximum atomic E-state index is 12.5. The number of H-pyrrole nitrogens is 1. The van der Waals surface area contributed by atoms with E-state index in [0.717, 1.165) is 0 Å². The van der Waals surface area contributed by atoms with Gasteiger partial charge in [0.2, 0.25) is 0 Å². The second-order valence-corrected chi connectivity index (χ2v) is 8.78. The number of hydrogen-bond donors (Lipinski definition) is 3. The fourth-order valence-corrected chi connectivity index (χ4v) is 3.14. The predicted octanol–water partition coefficient (Wildman–Crippen LogP) is 1.02. The van der Waals surface area contributed by atoms with Gasteiger partial charge in [-0.05, 0) is 17.9 Å². The molecule has 2 rings (SSSR count). The van der Waals surface area contributed by atoms with Gasteiger partial charge in [-0.3, -0.25) is 19.3 Å². The zero-order valence-corrected chi connectivity index (χ0v) is 18.0. The van der Waals surface area contributed by atoms with E-state index < -0.39 is 11.5 Å². The van der Waals surface area contributed by atoms with Crippen molar-refractivity contribution in [1.29, 1.82) is 0 Å². The van der Waals surface area contributed by atoms with Gasteiger partial charge in [-0.1, -0.05) is 32.4 Å². The molecule has 1 amide bonds. The van der Waals surface area contributed by atoms with Crippen molar-refractivity contribution in [2.75, 3.05) is 39.1 Å². The lowest BCUT2D eigenvalue weighted by Crippen LogP contribution is -2.56. The molecule has 1 aromatic heterocycles. The number of amides is 1. The summed E-state index contributed by atoms with van der Waals surface area (Å²) in [6.07, 6.45) is 0.212. The maximum absolute atomic E-state index is 12.5. The first-order chi connectivity index (χ1) is 13.5. The van der Waals surface area contributed by atoms with Gasteiger partial charge in [-0.2, -0.15) is 0 Å². The molecule has 0 spiro atoms. The standard InChI is InChI=1S/C19H29ClN4O5/c1-19(2,3)10-29-15(25)9-24-6-5-13(14(8-24)28-4)22-17(26)11-7-12(20)16(21)23-18(11)27/h7,13-14H,5-6,8-10H2,1-4H3,(H,22,26)(H3,21,23,27)/t13-,14+/m1/s1. The molecular weight excluding hydrogens is 400 g/mol. The van der Waals surface area contributed by atoms with Crippen molar-refractivity contribution in [2.24, 2.45) is 5.41 Å². The lowest BCUT2D eigenvalue weighted by Gasteiger charge is -2.37. The molecule has 1 fully saturated rings. The number of esters is 1. The van der Waals surface area contributed by atoms with Gasteiger partial charge in [0, 0.05) is 20.2 Å². The van der Waals surface area contributed by atoms with Crippen LogP contribution in [0.15, 0.2) is 10.9 Å². The third kappa shape index (κ3) is 6.73. The van der Waals surface area contributed by atoms with E-state index in [1.807, 2.05) is 25.7 Å². The van der Waals surface area contributed by atoms with Crippen LogP contribution in [-0.4, -0.2) is 67.3 Å². The number of rotatable bonds is 6. The Balaban J connectivity index is 1.94. The van der Waals surface area contributed by atoms with Crippen LogP contribution >= 0.6 is 11.6 Å². The summed E-state index contributed by atoms with van der Waals surface area (Å²) in [5, 5.41) is 2.92. The number of aromatic amines is 1. The van der Waals surface area contributed by atoms with Crippen molar-refractivity contribution in [3.8, 4) is 0 Å². The van der Waals surface area contributed by atoms with Gasteiger partial charge >= 0.3 is 5.97 Å². The van der Waals surface area contributed by atoms with E-state index >= 15 is 0 Å². The summed E-state index contributed by atoms with van der Waals surface area (Å²) in [7, 11) is 1.54. The van der Waals surface area contributed by atoms with E-state index in [4.69, 9.17) is 26.8 Å². The number of nitrogens with zero attached hydrogens (tertiary/aromatic N) is 1. The lowest BCUT2D eigenvalue weighted by molar-refractivity contribution is -0.148. The van der Waals surface area contributed by atoms with E-state index in [1.54, 1.807) is 0 Å². The molecule has 2 atom stereocenters. The number of anilines is 1. The molecule has 0 aromatic carbocycles. The zero-order chi connectivity index (χ0) is 21.8. The molecule has 1 aliphatic rings. The number of carbonyl (C=O) groups excluding carboxylic acids is 2. The quantitative estimate of drug-likeness (QED) is 0.577. The number of hydrogen-bond acceptors (Lipinski definition) is 7. The average Bonchev–Trinajstić information content (AvgIpc) is 2.63. The highest BCUT2D eigenvalue weighted by Crippen LogP contribution is 2.17. The number of ether oxygens (including phenoxy) is 2. The highest BCUT2D eigenvalue weighted by Gasteiger charge is 2.32. The van der Waals surface area contributed by atoms with Gasteiger partial charge in [-0.15, -0.1) is 0 Å². The molecule has 29 heavy (non-hydrogen) atoms. The van der Waals surface area contributed by atoms with E-state index in [1.165, 1.54) is 13.2 Å². The number of halogens is 1. The smallest absolute Gasteiger partial charge is 0.320 e. The Hall–Kier alpha value is -2.10. The highest BCUT2D eigenvalue weighted by molar-refractivity contribution is 6.33. The van der Waals surface area contributed by atoms with E-state index in [2.05, 4.69) is 10.3 Å². The van der Waals surface area contributed by atoms with Crippen LogP contribution in [0.25, 0.3) is 0 Å². The summed E-state index contributed by atoms with van der Waals surface area (Å²) < 4.78 is 10.8. The first-order valence-corrected chi connectivity index (χ1v) is 9.78. The first-order valence-electron chi connectivity index (χ1n) is 9.40. The van der Waals surface area contributed by atoms with Crippen molar-refractivity contribution >= 4 is 29.3 Å². The number of piperidine rings is 1. The normalized spacial score (nSPS) is 20.3. The third-order valence-corrected chi connectivity index (χ3v) is 4.86. The number of pyridine rings is 1. The minimum absolute atomic E-state index is 0.00893. The van der Waals surface area contributed by atoms with Gasteiger partial charge in [0.25, 0.3) is 11.5 Å². The number of methoxy groups -OCH3 is 1. The SMILES string of the molecule is CO[C@H]1CN(CC(=O)OCC(C)(C)C)CC[C@H]1NC(=O)c1cc(Cl)c(N)[nH]c1=O. The molecule has 0 saturated carbocycles. The van der Waals surface area contributed by atoms with Crippen LogP contribution in [0.1, 0.15) is 37.6 Å². The third-order valence-electron chi connectivity index (χ3n) is 4.55. The minimum Gasteiger partial charge on any atom is -0.464 e. The Morgan fingerprint density at radius 3 is 2.72 bits per heavy atom. The summed E-state index contributed by atoms with van der Waals surface area (Å²) in [5.41, 5.74) is 4.71. The van der Waals surface area contributed by atoms with Crippen LogP contribution in [0, 0.1) is 5.41 Å². The van der Waals surface area contributed by atoms with Crippen LogP contribution in [-0.2, 0) is 14.3 Å². The van der Waals surface area contributed by atoms with Gasteiger partial charge < -0.3 is 25.5 Å². The van der Waals surface area contributed by atoms with Crippen LogP contribution in [0.3, 0.4) is 0 Å². The molecule has 9 nitrogen and oxygen atoms in total. The van der Waals surface area contributed by atoms with Crippen molar-refractivity contribution in [3.63, 3.8) is 0 Å². The molecule has 0 aliphatic carbocycles. The fourth-order valence-electron chi connectivity index (χ4n) is 2.99. The highest BCUT2D eigenvalue weighted by atomic mass is 35.5. The van der Waals surface area contributed by atoms with Gasteiger partial charge in [0.15, 0.2) is 0 Å². The van der Waals surface area contributed by atoms with E-state index in [9.17, 15) is 14.4 Å². The monoisotopic (exact) mass is 428 g/mol. The molecule has 0 bridgehead atoms. The molecule has 1 aliphatic heterocycles. The molecule has 10 heteroatoms. The molecular formula is C19H29ClN4O5. The summed E-state index contributed by atoms with van der Waals surface area (Å²) in [5.74, 6) is -0.840. The largest absolute Gasteiger partial charge is 0.464 e. The minimum atomic E-state index is -0.614. The average molecular weight is 429 g/mol. The van der Waals surface area contributed by atoms with Crippen LogP contribution in [0.5, 0.6) is 0 Å². The second kappa shape index (κ2) is 9.60. The maximum Gasteiger partial charge on any atom is 0.320 e. The molecule has 162 valence electrons. The fraction of sp³-hybridized carbons (Fsp3) is 0.632. The topological polar surface area (TPSA) is 127 Å². The first kappa shape index (κ1) is 23.2. The Kier molecular flexibility index (Phi) is 7.67. The molecule has 1 saturated heterocycles. The molecule has 1 aromatic rings. The second-order valence-electron chi connectivity index (χ2n) is 8.37. The number of nitrogen functional groups attached to an aromatic ring is 1. The van der Waals surface area contributed by atoms with Crippen molar-refractivity contribution in [1.82, 2.24) is 15.2 Å². The van der Waals surface area contributed by atoms with Crippen molar-refractivity contribution < 1.29 is 19.1 Å². The Bertz CT molecular complexity index is 805. The number of aromatic nitrogens is 1. The molecule has 4 N–H and O–H groups in total. The van der Waals surface area contributed by atoms with E-state index in [-0.39, 0.29) is 46.5 Å². The summed E-state index contributed by atoms with van der Waals surface area (Å²) >= 11 is 5.90. The number of likely N-dealkylation sites (tertiary alicyclic amines) is 1. The van der Waals surface area contributed by atoms with Gasteiger partial charge in [0.1, 0.15) is 11.4 Å². The molecule has 2 heterocycles. The Labute approximate surface area is 174 Å². The van der Waals surface area contributed by atoms with Crippen LogP contribution in [0.2, 0.25) is 5.02 Å². The number of nitrogens with two attached hydrogens (primary N) is 1. The van der Waals surface area contributed by atoms with Crippen molar-refractivity contribution in [3.05, 3.63) is 27.0 Å². The number of carbonyl (C=O) groups is 2. The van der Waals surface area contributed by atoms with Crippen LogP contribution < -0.4 is 16.6 Å². The van der Waals surface area contributed by atoms with Gasteiger partial charge in [0.05, 0.1) is 30.3 Å². The van der Waals surface area contributed by atoms with Crippen LogP contribution in [0.4, 0.5) is 5.82 Å². The molecule has 0 unspecified atom stereocenters. The number of nitrogens with one attached hydrogen (secondary N) is 2. The zero-order valence-electron chi connectivity index (χ0n) is 17.2. The Morgan fingerprint density at radius 1 is 1.41 bits per heavy atom. The summed E-state index contributed by atoms with van der Waals surface area (Å²) in [6, 6.07) is 0.929. The van der Waals surface area contributed by atoms with E-state index in [0.29, 0.717) is 26.1 Å². The lowest BCUT2D eigenvalue weighted by atomic mass is 9.99. The van der Waals surface area contributed by atoms with Crippen molar-refractivity contribution in [2.45, 2.75) is 39.3 Å². The van der Waals surface area contributed by atoms with Gasteiger partial charge in [-0.25, -0.2) is 0 Å². The predicted molar refractivity (Wildman–Crippen MR) is 110 cm³/mol. The Morgan fingerprint density at radius 2 is 2.10 bits per heavy atom. The summed E-state index contributed by atoms with van der Waals surface area (Å²) in [6.45, 7) is 7.52.